The fourth-order valence-corrected chi connectivity index (χ4v) is 4.41. The maximum atomic E-state index is 12.9. The first-order valence-corrected chi connectivity index (χ1v) is 14.4. The van der Waals surface area contributed by atoms with Gasteiger partial charge in [0.1, 0.15) is 18.1 Å². The highest BCUT2D eigenvalue weighted by Gasteiger charge is 2.36. The average molecular weight is 656 g/mol. The first kappa shape index (κ1) is 36.5. The number of H-pyrrole nitrogens is 1. The van der Waals surface area contributed by atoms with E-state index in [1.165, 1.54) is 17.4 Å². The number of nitrogens with two attached hydrogens (primary N) is 1. The van der Waals surface area contributed by atoms with E-state index >= 15 is 0 Å². The van der Waals surface area contributed by atoms with Gasteiger partial charge in [-0.05, 0) is 19.3 Å². The van der Waals surface area contributed by atoms with E-state index in [9.17, 15) is 38.4 Å². The normalized spacial score (nSPS) is 16.0. The van der Waals surface area contributed by atoms with Crippen LogP contribution in [0.4, 0.5) is 0 Å². The van der Waals surface area contributed by atoms with E-state index in [0.717, 1.165) is 0 Å². The summed E-state index contributed by atoms with van der Waals surface area (Å²) in [6.07, 6.45) is 2.82. The van der Waals surface area contributed by atoms with Crippen LogP contribution < -0.4 is 32.3 Å². The number of aromatic nitrogens is 2. The fraction of sp³-hybridized carbons (Fsp3) is 0.560. The zero-order valence-electron chi connectivity index (χ0n) is 24.1. The molecule has 1 aromatic heterocycles. The number of carbonyl (C=O) groups excluding carboxylic acids is 6. The van der Waals surface area contributed by atoms with E-state index in [0.29, 0.717) is 25.1 Å². The second-order valence-corrected chi connectivity index (χ2v) is 10.3. The van der Waals surface area contributed by atoms with E-state index < -0.39 is 97.6 Å². The SMILES string of the molecule is N[C@@H](CS)C(=O)N1CCC[C@H]1C(=O)NCC(=O)N[C@@H](Cc1cnc[nH]1)C(=O)NCC(=O)NCC(=O)N[C@@H](CCC(=O)O)C(=O)O. The predicted octanol–water partition coefficient (Wildman–Crippen LogP) is -4.53. The van der Waals surface area contributed by atoms with Gasteiger partial charge in [0, 0.05) is 37.0 Å². The third kappa shape index (κ3) is 12.4. The molecular formula is C25H37N9O10S. The molecule has 1 fully saturated rings. The highest BCUT2D eigenvalue weighted by molar-refractivity contribution is 7.80. The van der Waals surface area contributed by atoms with Crippen LogP contribution in [0.15, 0.2) is 12.5 Å². The van der Waals surface area contributed by atoms with E-state index in [4.69, 9.17) is 15.9 Å². The number of imidazole rings is 1. The summed E-state index contributed by atoms with van der Waals surface area (Å²) in [5.74, 6) is -6.80. The molecule has 2 heterocycles. The Kier molecular flexibility index (Phi) is 14.7. The number of thiol groups is 1. The summed E-state index contributed by atoms with van der Waals surface area (Å²) in [6, 6.07) is -4.36. The van der Waals surface area contributed by atoms with Crippen LogP contribution in [0.2, 0.25) is 0 Å². The van der Waals surface area contributed by atoms with Gasteiger partial charge in [0.15, 0.2) is 0 Å². The van der Waals surface area contributed by atoms with E-state index in [2.05, 4.69) is 49.2 Å². The molecule has 10 N–H and O–H groups in total. The molecule has 248 valence electrons. The van der Waals surface area contributed by atoms with E-state index in [1.807, 2.05) is 0 Å². The number of likely N-dealkylation sites (tertiary alicyclic amines) is 1. The van der Waals surface area contributed by atoms with Crippen molar-refractivity contribution in [3.63, 3.8) is 0 Å². The summed E-state index contributed by atoms with van der Waals surface area (Å²) < 4.78 is 0. The van der Waals surface area contributed by atoms with Gasteiger partial charge in [0.25, 0.3) is 0 Å². The molecule has 0 aliphatic carbocycles. The predicted molar refractivity (Wildman–Crippen MR) is 156 cm³/mol. The third-order valence-electron chi connectivity index (χ3n) is 6.56. The maximum Gasteiger partial charge on any atom is 0.326 e. The van der Waals surface area contributed by atoms with E-state index in [1.54, 1.807) is 0 Å². The molecule has 0 radical (unpaired) electrons. The monoisotopic (exact) mass is 655 g/mol. The second-order valence-electron chi connectivity index (χ2n) is 9.98. The Bertz CT molecular complexity index is 1250. The molecular weight excluding hydrogens is 618 g/mol. The number of hydrogen-bond donors (Lipinski definition) is 10. The lowest BCUT2D eigenvalue weighted by Crippen LogP contribution is -2.54. The average Bonchev–Trinajstić information content (AvgIpc) is 3.71. The Morgan fingerprint density at radius 2 is 1.62 bits per heavy atom. The number of carboxylic acid groups (broad SMARTS) is 2. The zero-order chi connectivity index (χ0) is 33.5. The van der Waals surface area contributed by atoms with Gasteiger partial charge in [-0.1, -0.05) is 0 Å². The summed E-state index contributed by atoms with van der Waals surface area (Å²) in [7, 11) is 0. The number of nitrogens with zero attached hydrogens (tertiary/aromatic N) is 2. The standard InChI is InChI=1S/C25H37N9O10S/c26-14(11-45)24(42)34-5-1-2-17(34)23(41)30-10-20(37)33-16(6-13-7-27-12-31-13)22(40)29-8-18(35)28-9-19(36)32-15(25(43)44)3-4-21(38)39/h7,12,14-17,45H,1-6,8-11,26H2,(H,27,31)(H,28,35)(H,29,40)(H,30,41)(H,32,36)(H,33,37)(H,38,39)(H,43,44)/t14-,15-,16-,17-/m0/s1. The lowest BCUT2D eigenvalue weighted by atomic mass is 10.1. The Hall–Kier alpha value is -4.72. The molecule has 1 saturated heterocycles. The molecule has 0 unspecified atom stereocenters. The summed E-state index contributed by atoms with van der Waals surface area (Å²) in [5.41, 5.74) is 6.22. The fourth-order valence-electron chi connectivity index (χ4n) is 4.25. The lowest BCUT2D eigenvalue weighted by Gasteiger charge is -2.26. The summed E-state index contributed by atoms with van der Waals surface area (Å²) in [4.78, 5) is 105. The molecule has 19 nitrogen and oxygen atoms in total. The van der Waals surface area contributed by atoms with Crippen LogP contribution >= 0.6 is 12.6 Å². The molecule has 0 spiro atoms. The van der Waals surface area contributed by atoms with Crippen molar-refractivity contribution in [1.82, 2.24) is 41.5 Å². The number of nitrogens with one attached hydrogen (secondary N) is 6. The number of hydrogen-bond acceptors (Lipinski definition) is 11. The van der Waals surface area contributed by atoms with Crippen molar-refractivity contribution in [2.45, 2.75) is 56.3 Å². The molecule has 0 bridgehead atoms. The third-order valence-corrected chi connectivity index (χ3v) is 6.95. The topological polar surface area (TPSA) is 295 Å². The quantitative estimate of drug-likeness (QED) is 0.0669. The van der Waals surface area contributed by atoms with Gasteiger partial charge in [-0.25, -0.2) is 9.78 Å². The largest absolute Gasteiger partial charge is 0.481 e. The molecule has 4 atom stereocenters. The maximum absolute atomic E-state index is 12.9. The molecule has 20 heteroatoms. The molecule has 1 aromatic rings. The van der Waals surface area contributed by atoms with Gasteiger partial charge in [0.2, 0.25) is 35.4 Å². The smallest absolute Gasteiger partial charge is 0.326 e. The van der Waals surface area contributed by atoms with Crippen molar-refractivity contribution in [1.29, 1.82) is 0 Å². The molecule has 45 heavy (non-hydrogen) atoms. The number of aliphatic carboxylic acids is 2. The number of aromatic amines is 1. The number of rotatable bonds is 18. The Balaban J connectivity index is 1.87. The molecule has 1 aliphatic rings. The van der Waals surface area contributed by atoms with Crippen molar-refractivity contribution < 1.29 is 48.6 Å². The van der Waals surface area contributed by atoms with Gasteiger partial charge >= 0.3 is 11.9 Å². The molecule has 0 aromatic carbocycles. The summed E-state index contributed by atoms with van der Waals surface area (Å²) >= 11 is 4.01. The lowest BCUT2D eigenvalue weighted by molar-refractivity contribution is -0.143. The van der Waals surface area contributed by atoms with Gasteiger partial charge in [-0.3, -0.25) is 33.6 Å². The van der Waals surface area contributed by atoms with Crippen molar-refractivity contribution >= 4 is 60.0 Å². The summed E-state index contributed by atoms with van der Waals surface area (Å²) in [5, 5.41) is 29.3. The van der Waals surface area contributed by atoms with Crippen molar-refractivity contribution in [3.05, 3.63) is 18.2 Å². The van der Waals surface area contributed by atoms with Crippen LogP contribution in [-0.2, 0) is 44.8 Å². The zero-order valence-corrected chi connectivity index (χ0v) is 25.0. The van der Waals surface area contributed by atoms with Gasteiger partial charge in [-0.15, -0.1) is 0 Å². The van der Waals surface area contributed by atoms with Crippen LogP contribution in [0.5, 0.6) is 0 Å². The minimum atomic E-state index is -1.47. The second kappa shape index (κ2) is 18.2. The highest BCUT2D eigenvalue weighted by atomic mass is 32.1. The van der Waals surface area contributed by atoms with Crippen LogP contribution in [0.3, 0.4) is 0 Å². The van der Waals surface area contributed by atoms with Gasteiger partial charge in [0.05, 0.1) is 32.0 Å². The van der Waals surface area contributed by atoms with Gasteiger partial charge in [-0.2, -0.15) is 12.6 Å². The Labute approximate surface area is 262 Å². The number of amides is 6. The minimum Gasteiger partial charge on any atom is -0.481 e. The highest BCUT2D eigenvalue weighted by Crippen LogP contribution is 2.18. The Morgan fingerprint density at radius 1 is 0.978 bits per heavy atom. The van der Waals surface area contributed by atoms with Crippen LogP contribution in [0, 0.1) is 0 Å². The molecule has 2 rings (SSSR count). The number of carbonyl (C=O) groups is 8. The van der Waals surface area contributed by atoms with Gasteiger partial charge < -0.3 is 52.4 Å². The number of carboxylic acids is 2. The van der Waals surface area contributed by atoms with Crippen molar-refractivity contribution in [2.24, 2.45) is 5.73 Å². The minimum absolute atomic E-state index is 0.0605. The molecule has 1 aliphatic heterocycles. The first-order chi connectivity index (χ1) is 21.3. The van der Waals surface area contributed by atoms with Crippen LogP contribution in [0.1, 0.15) is 31.4 Å². The molecule has 0 saturated carbocycles. The Morgan fingerprint density at radius 3 is 2.22 bits per heavy atom. The van der Waals surface area contributed by atoms with Crippen molar-refractivity contribution in [3.8, 4) is 0 Å². The van der Waals surface area contributed by atoms with Crippen molar-refractivity contribution in [2.75, 3.05) is 31.9 Å². The molecule has 6 amide bonds. The summed E-state index contributed by atoms with van der Waals surface area (Å²) in [6.45, 7) is -1.43. The van der Waals surface area contributed by atoms with Crippen LogP contribution in [0.25, 0.3) is 0 Å². The first-order valence-electron chi connectivity index (χ1n) is 13.8. The van der Waals surface area contributed by atoms with E-state index in [-0.39, 0.29) is 18.6 Å². The van der Waals surface area contributed by atoms with Crippen LogP contribution in [-0.4, -0.2) is 129 Å².